The molecule has 0 aliphatic rings. The van der Waals surface area contributed by atoms with Gasteiger partial charge < -0.3 is 14.8 Å². The van der Waals surface area contributed by atoms with Crippen LogP contribution >= 0.6 is 0 Å². The summed E-state index contributed by atoms with van der Waals surface area (Å²) in [6, 6.07) is 12.7. The maximum Gasteiger partial charge on any atom is 0.244 e. The zero-order valence-electron chi connectivity index (χ0n) is 17.4. The van der Waals surface area contributed by atoms with E-state index in [-0.39, 0.29) is 11.9 Å². The van der Waals surface area contributed by atoms with Crippen molar-refractivity contribution in [2.24, 2.45) is 0 Å². The van der Waals surface area contributed by atoms with Crippen molar-refractivity contribution in [2.45, 2.75) is 32.4 Å². The lowest BCUT2D eigenvalue weighted by atomic mass is 10.1. The van der Waals surface area contributed by atoms with Crippen LogP contribution in [-0.4, -0.2) is 40.8 Å². The van der Waals surface area contributed by atoms with E-state index < -0.39 is 16.1 Å². The number of ether oxygens (including phenoxy) is 2. The molecular formula is C21H28N2O5S. The number of carbonyl (C=O) groups is 1. The Balaban J connectivity index is 2.32. The number of amides is 1. The molecule has 0 saturated heterocycles. The second kappa shape index (κ2) is 9.65. The van der Waals surface area contributed by atoms with Crippen molar-refractivity contribution < 1.29 is 22.7 Å². The molecule has 2 aromatic carbocycles. The van der Waals surface area contributed by atoms with Crippen LogP contribution in [0.15, 0.2) is 48.5 Å². The Kier molecular flexibility index (Phi) is 7.50. The van der Waals surface area contributed by atoms with Crippen molar-refractivity contribution in [1.82, 2.24) is 5.32 Å². The summed E-state index contributed by atoms with van der Waals surface area (Å²) in [4.78, 5) is 13.1. The van der Waals surface area contributed by atoms with E-state index in [0.717, 1.165) is 16.1 Å². The van der Waals surface area contributed by atoms with Crippen molar-refractivity contribution in [1.29, 1.82) is 0 Å². The van der Waals surface area contributed by atoms with Crippen LogP contribution < -0.4 is 19.1 Å². The highest BCUT2D eigenvalue weighted by molar-refractivity contribution is 7.92. The minimum atomic E-state index is -3.70. The average Bonchev–Trinajstić information content (AvgIpc) is 2.70. The second-order valence-corrected chi connectivity index (χ2v) is 8.51. The van der Waals surface area contributed by atoms with E-state index >= 15 is 0 Å². The number of para-hydroxylation sites is 1. The minimum Gasteiger partial charge on any atom is -0.497 e. The topological polar surface area (TPSA) is 84.9 Å². The van der Waals surface area contributed by atoms with Gasteiger partial charge in [-0.15, -0.1) is 0 Å². The molecular weight excluding hydrogens is 392 g/mol. The molecule has 158 valence electrons. The number of carbonyl (C=O) groups excluding carboxylic acids is 1. The van der Waals surface area contributed by atoms with E-state index in [9.17, 15) is 13.2 Å². The second-order valence-electron chi connectivity index (χ2n) is 6.65. The molecule has 8 heteroatoms. The van der Waals surface area contributed by atoms with Crippen molar-refractivity contribution >= 4 is 21.6 Å². The van der Waals surface area contributed by atoms with Gasteiger partial charge in [-0.25, -0.2) is 8.42 Å². The lowest BCUT2D eigenvalue weighted by molar-refractivity contribution is -0.122. The predicted octanol–water partition coefficient (Wildman–Crippen LogP) is 3.13. The largest absolute Gasteiger partial charge is 0.497 e. The van der Waals surface area contributed by atoms with Gasteiger partial charge in [-0.1, -0.05) is 25.1 Å². The molecule has 1 amide bonds. The number of rotatable bonds is 9. The summed E-state index contributed by atoms with van der Waals surface area (Å²) in [5, 5.41) is 2.92. The Morgan fingerprint density at radius 2 is 1.69 bits per heavy atom. The third kappa shape index (κ3) is 5.41. The molecule has 1 N–H and O–H groups in total. The highest BCUT2D eigenvalue weighted by Gasteiger charge is 2.32. The fourth-order valence-electron chi connectivity index (χ4n) is 3.20. The first-order chi connectivity index (χ1) is 13.7. The molecule has 0 aliphatic heterocycles. The maximum absolute atomic E-state index is 13.1. The van der Waals surface area contributed by atoms with Crippen LogP contribution in [0.1, 0.15) is 31.9 Å². The van der Waals surface area contributed by atoms with E-state index in [1.165, 1.54) is 7.11 Å². The third-order valence-corrected chi connectivity index (χ3v) is 5.80. The SMILES string of the molecule is CC[C@H](C(=O)N[C@H](C)c1ccccc1OC)N(c1ccc(OC)cc1)S(C)(=O)=O. The summed E-state index contributed by atoms with van der Waals surface area (Å²) in [6.07, 6.45) is 1.40. The lowest BCUT2D eigenvalue weighted by Crippen LogP contribution is -2.49. The Bertz CT molecular complexity index is 928. The summed E-state index contributed by atoms with van der Waals surface area (Å²) in [5.41, 5.74) is 1.22. The van der Waals surface area contributed by atoms with Crippen LogP contribution in [0, 0.1) is 0 Å². The Hall–Kier alpha value is -2.74. The molecule has 0 bridgehead atoms. The minimum absolute atomic E-state index is 0.309. The number of sulfonamides is 1. The fourth-order valence-corrected chi connectivity index (χ4v) is 4.41. The van der Waals surface area contributed by atoms with Crippen LogP contribution in [0.3, 0.4) is 0 Å². The monoisotopic (exact) mass is 420 g/mol. The first-order valence-electron chi connectivity index (χ1n) is 9.29. The summed E-state index contributed by atoms with van der Waals surface area (Å²) >= 11 is 0. The van der Waals surface area contributed by atoms with Gasteiger partial charge in [-0.3, -0.25) is 9.10 Å². The van der Waals surface area contributed by atoms with Gasteiger partial charge in [0.05, 0.1) is 32.2 Å². The number of nitrogens with zero attached hydrogens (tertiary/aromatic N) is 1. The molecule has 0 aliphatic carbocycles. The normalized spacial score (nSPS) is 13.3. The van der Waals surface area contributed by atoms with Crippen LogP contribution in [0.5, 0.6) is 11.5 Å². The van der Waals surface area contributed by atoms with Gasteiger partial charge in [0.25, 0.3) is 0 Å². The zero-order chi connectivity index (χ0) is 21.6. The third-order valence-electron chi connectivity index (χ3n) is 4.62. The van der Waals surface area contributed by atoms with E-state index in [0.29, 0.717) is 23.6 Å². The Morgan fingerprint density at radius 1 is 1.07 bits per heavy atom. The quantitative estimate of drug-likeness (QED) is 0.674. The van der Waals surface area contributed by atoms with Gasteiger partial charge in [0.1, 0.15) is 17.5 Å². The molecule has 0 unspecified atom stereocenters. The molecule has 0 spiro atoms. The Labute approximate surface area is 172 Å². The van der Waals surface area contributed by atoms with Crippen molar-refractivity contribution in [3.05, 3.63) is 54.1 Å². The van der Waals surface area contributed by atoms with Gasteiger partial charge in [0.2, 0.25) is 15.9 Å². The number of benzene rings is 2. The van der Waals surface area contributed by atoms with Crippen molar-refractivity contribution in [3.63, 3.8) is 0 Å². The average molecular weight is 421 g/mol. The van der Waals surface area contributed by atoms with Gasteiger partial charge in [0.15, 0.2) is 0 Å². The number of methoxy groups -OCH3 is 2. The lowest BCUT2D eigenvalue weighted by Gasteiger charge is -2.31. The molecule has 7 nitrogen and oxygen atoms in total. The van der Waals surface area contributed by atoms with E-state index in [2.05, 4.69) is 5.32 Å². The molecule has 2 aromatic rings. The highest BCUT2D eigenvalue weighted by Crippen LogP contribution is 2.27. The number of hydrogen-bond acceptors (Lipinski definition) is 5. The molecule has 0 heterocycles. The first-order valence-corrected chi connectivity index (χ1v) is 11.1. The van der Waals surface area contributed by atoms with Crippen LogP contribution in [0.2, 0.25) is 0 Å². The van der Waals surface area contributed by atoms with Gasteiger partial charge in [0, 0.05) is 5.56 Å². The molecule has 2 rings (SSSR count). The Morgan fingerprint density at radius 3 is 2.21 bits per heavy atom. The van der Waals surface area contributed by atoms with E-state index in [1.807, 2.05) is 31.2 Å². The molecule has 0 aromatic heterocycles. The smallest absolute Gasteiger partial charge is 0.244 e. The molecule has 29 heavy (non-hydrogen) atoms. The van der Waals surface area contributed by atoms with Gasteiger partial charge >= 0.3 is 0 Å². The summed E-state index contributed by atoms with van der Waals surface area (Å²) in [6.45, 7) is 3.61. The first kappa shape index (κ1) is 22.5. The summed E-state index contributed by atoms with van der Waals surface area (Å²) < 4.78 is 36.7. The zero-order valence-corrected chi connectivity index (χ0v) is 18.2. The number of hydrogen-bond donors (Lipinski definition) is 1. The van der Waals surface area contributed by atoms with Gasteiger partial charge in [-0.2, -0.15) is 0 Å². The molecule has 0 radical (unpaired) electrons. The predicted molar refractivity (Wildman–Crippen MR) is 114 cm³/mol. The van der Waals surface area contributed by atoms with Crippen LogP contribution in [0.25, 0.3) is 0 Å². The van der Waals surface area contributed by atoms with Crippen LogP contribution in [0.4, 0.5) is 5.69 Å². The highest BCUT2D eigenvalue weighted by atomic mass is 32.2. The number of nitrogens with one attached hydrogen (secondary N) is 1. The van der Waals surface area contributed by atoms with E-state index in [4.69, 9.17) is 9.47 Å². The molecule has 0 saturated carbocycles. The number of anilines is 1. The van der Waals surface area contributed by atoms with E-state index in [1.54, 1.807) is 38.3 Å². The molecule has 0 fully saturated rings. The summed E-state index contributed by atoms with van der Waals surface area (Å²) in [5.74, 6) is 0.875. The van der Waals surface area contributed by atoms with Crippen molar-refractivity contribution in [2.75, 3.05) is 24.8 Å². The van der Waals surface area contributed by atoms with Gasteiger partial charge in [-0.05, 0) is 43.7 Å². The van der Waals surface area contributed by atoms with Crippen LogP contribution in [-0.2, 0) is 14.8 Å². The summed E-state index contributed by atoms with van der Waals surface area (Å²) in [7, 11) is -0.601. The fraction of sp³-hybridized carbons (Fsp3) is 0.381. The van der Waals surface area contributed by atoms with Crippen molar-refractivity contribution in [3.8, 4) is 11.5 Å². The maximum atomic E-state index is 13.1. The molecule has 2 atom stereocenters. The standard InChI is InChI=1S/C21H28N2O5S/c1-6-19(21(24)22-15(2)18-9-7-8-10-20(18)28-4)23(29(5,25)26)16-11-13-17(27-3)14-12-16/h7-15,19H,6H2,1-5H3,(H,22,24)/t15-,19-/m1/s1.